The lowest BCUT2D eigenvalue weighted by Crippen LogP contribution is -2.35. The molecule has 1 heterocycles. The second-order valence-electron chi connectivity index (χ2n) is 6.08. The van der Waals surface area contributed by atoms with Crippen LogP contribution < -0.4 is 0 Å². The molecule has 0 saturated carbocycles. The number of hydrogen-bond donors (Lipinski definition) is 0. The molecule has 3 rings (SSSR count). The summed E-state index contributed by atoms with van der Waals surface area (Å²) in [6.45, 7) is 2.87. The number of hydrogen-bond acceptors (Lipinski definition) is 2. The molecule has 1 saturated heterocycles. The van der Waals surface area contributed by atoms with Crippen molar-refractivity contribution in [2.45, 2.75) is 32.2 Å². The predicted molar refractivity (Wildman–Crippen MR) is 96.4 cm³/mol. The van der Waals surface area contributed by atoms with Crippen LogP contribution in [0.1, 0.15) is 30.9 Å². The smallest absolute Gasteiger partial charge is 0.412 e. The quantitative estimate of drug-likeness (QED) is 0.758. The molecule has 1 atom stereocenters. The van der Waals surface area contributed by atoms with Gasteiger partial charge < -0.3 is 4.74 Å². The van der Waals surface area contributed by atoms with Crippen molar-refractivity contribution >= 4 is 12.2 Å². The third kappa shape index (κ3) is 3.85. The zero-order chi connectivity index (χ0) is 16.8. The number of rotatable bonds is 6. The first kappa shape index (κ1) is 16.3. The Balaban J connectivity index is 1.88. The summed E-state index contributed by atoms with van der Waals surface area (Å²) in [5, 5.41) is 0. The monoisotopic (exact) mass is 321 g/mol. The van der Waals surface area contributed by atoms with Crippen LogP contribution in [0.3, 0.4) is 0 Å². The maximum absolute atomic E-state index is 12.3. The van der Waals surface area contributed by atoms with Crippen LogP contribution in [-0.4, -0.2) is 23.6 Å². The van der Waals surface area contributed by atoms with Gasteiger partial charge in [0.2, 0.25) is 0 Å². The van der Waals surface area contributed by atoms with Gasteiger partial charge in [0.15, 0.2) is 0 Å². The summed E-state index contributed by atoms with van der Waals surface area (Å²) in [5.74, 6) is 0.742. The molecular formula is C21H23NO2. The van der Waals surface area contributed by atoms with Gasteiger partial charge in [0.25, 0.3) is 0 Å². The van der Waals surface area contributed by atoms with Crippen LogP contribution in [0, 0.1) is 0 Å². The number of nitrogens with zero attached hydrogens (tertiary/aromatic N) is 1. The minimum atomic E-state index is -0.230. The number of cyclic esters (lactones) is 1. The molecule has 2 aromatic carbocycles. The summed E-state index contributed by atoms with van der Waals surface area (Å²) in [5.41, 5.74) is 2.26. The molecule has 1 aliphatic rings. The molecule has 0 aliphatic carbocycles. The van der Waals surface area contributed by atoms with Gasteiger partial charge >= 0.3 is 6.09 Å². The van der Waals surface area contributed by atoms with Crippen LogP contribution in [-0.2, 0) is 11.2 Å². The maximum Gasteiger partial charge on any atom is 0.415 e. The molecule has 124 valence electrons. The average Bonchev–Trinajstić information content (AvgIpc) is 2.89. The molecule has 0 radical (unpaired) electrons. The number of benzene rings is 2. The van der Waals surface area contributed by atoms with E-state index in [1.807, 2.05) is 59.5 Å². The van der Waals surface area contributed by atoms with E-state index in [0.717, 1.165) is 37.1 Å². The number of carbonyl (C=O) groups is 1. The lowest BCUT2D eigenvalue weighted by Gasteiger charge is -2.21. The van der Waals surface area contributed by atoms with Gasteiger partial charge in [-0.1, -0.05) is 74.0 Å². The molecule has 3 nitrogen and oxygen atoms in total. The van der Waals surface area contributed by atoms with Crippen LogP contribution in [0.4, 0.5) is 4.79 Å². The highest BCUT2D eigenvalue weighted by Gasteiger charge is 2.37. The number of ether oxygens (including phenoxy) is 1. The SMILES string of the molecule is CCCCN1C(=O)O/C(=C\c2ccccc2)C1Cc1ccccc1. The van der Waals surface area contributed by atoms with E-state index in [1.165, 1.54) is 5.56 Å². The summed E-state index contributed by atoms with van der Waals surface area (Å²) in [7, 11) is 0. The highest BCUT2D eigenvalue weighted by atomic mass is 16.6. The minimum Gasteiger partial charge on any atom is -0.412 e. The normalized spacial score (nSPS) is 18.9. The molecule has 24 heavy (non-hydrogen) atoms. The van der Waals surface area contributed by atoms with E-state index in [1.54, 1.807) is 0 Å². The van der Waals surface area contributed by atoms with Gasteiger partial charge in [-0.15, -0.1) is 0 Å². The van der Waals surface area contributed by atoms with Gasteiger partial charge in [0.05, 0.1) is 6.04 Å². The lowest BCUT2D eigenvalue weighted by molar-refractivity contribution is 0.164. The molecule has 0 aromatic heterocycles. The van der Waals surface area contributed by atoms with Crippen LogP contribution in [0.5, 0.6) is 0 Å². The lowest BCUT2D eigenvalue weighted by atomic mass is 10.0. The molecule has 3 heteroatoms. The molecule has 1 aliphatic heterocycles. The van der Waals surface area contributed by atoms with Gasteiger partial charge in [0.1, 0.15) is 5.76 Å². The van der Waals surface area contributed by atoms with Crippen molar-refractivity contribution in [2.24, 2.45) is 0 Å². The highest BCUT2D eigenvalue weighted by Crippen LogP contribution is 2.28. The van der Waals surface area contributed by atoms with Gasteiger partial charge in [0, 0.05) is 13.0 Å². The summed E-state index contributed by atoms with van der Waals surface area (Å²) in [4.78, 5) is 14.2. The molecule has 1 unspecified atom stereocenters. The van der Waals surface area contributed by atoms with Gasteiger partial charge in [-0.25, -0.2) is 4.79 Å². The van der Waals surface area contributed by atoms with Crippen molar-refractivity contribution in [1.29, 1.82) is 0 Å². The molecule has 0 N–H and O–H groups in total. The molecule has 1 amide bonds. The topological polar surface area (TPSA) is 29.5 Å². The average molecular weight is 321 g/mol. The second-order valence-corrected chi connectivity index (χ2v) is 6.08. The standard InChI is InChI=1S/C21H23NO2/c1-2-3-14-22-19(15-17-10-6-4-7-11-17)20(24-21(22)23)16-18-12-8-5-9-13-18/h4-13,16,19H,2-3,14-15H2,1H3/b20-16-. The molecule has 0 spiro atoms. The van der Waals surface area contributed by atoms with Crippen molar-refractivity contribution in [1.82, 2.24) is 4.90 Å². The fraction of sp³-hybridized carbons (Fsp3) is 0.286. The maximum atomic E-state index is 12.3. The van der Waals surface area contributed by atoms with Crippen molar-refractivity contribution < 1.29 is 9.53 Å². The molecule has 0 bridgehead atoms. The van der Waals surface area contributed by atoms with E-state index in [4.69, 9.17) is 4.74 Å². The van der Waals surface area contributed by atoms with E-state index >= 15 is 0 Å². The molecule has 2 aromatic rings. The van der Waals surface area contributed by atoms with Crippen molar-refractivity contribution in [2.75, 3.05) is 6.54 Å². The summed E-state index contributed by atoms with van der Waals surface area (Å²) < 4.78 is 5.61. The second kappa shape index (κ2) is 7.82. The first-order chi connectivity index (χ1) is 11.8. The van der Waals surface area contributed by atoms with Crippen LogP contribution >= 0.6 is 0 Å². The highest BCUT2D eigenvalue weighted by molar-refractivity contribution is 5.75. The van der Waals surface area contributed by atoms with E-state index in [0.29, 0.717) is 0 Å². The fourth-order valence-electron chi connectivity index (χ4n) is 2.97. The van der Waals surface area contributed by atoms with E-state index < -0.39 is 0 Å². The fourth-order valence-corrected chi connectivity index (χ4v) is 2.97. The third-order valence-corrected chi connectivity index (χ3v) is 4.28. The first-order valence-electron chi connectivity index (χ1n) is 8.57. The minimum absolute atomic E-state index is 0.0355. The van der Waals surface area contributed by atoms with Gasteiger partial charge in [-0.2, -0.15) is 0 Å². The van der Waals surface area contributed by atoms with Crippen LogP contribution in [0.15, 0.2) is 66.4 Å². The van der Waals surface area contributed by atoms with Gasteiger partial charge in [-0.05, 0) is 23.6 Å². The Hall–Kier alpha value is -2.55. The zero-order valence-corrected chi connectivity index (χ0v) is 14.0. The summed E-state index contributed by atoms with van der Waals surface area (Å²) >= 11 is 0. The third-order valence-electron chi connectivity index (χ3n) is 4.28. The van der Waals surface area contributed by atoms with Crippen LogP contribution in [0.25, 0.3) is 6.08 Å². The first-order valence-corrected chi connectivity index (χ1v) is 8.57. The number of unbranched alkanes of at least 4 members (excludes halogenated alkanes) is 1. The van der Waals surface area contributed by atoms with Crippen molar-refractivity contribution in [3.63, 3.8) is 0 Å². The van der Waals surface area contributed by atoms with Crippen molar-refractivity contribution in [3.05, 3.63) is 77.5 Å². The Labute approximate surface area is 143 Å². The van der Waals surface area contributed by atoms with Crippen molar-refractivity contribution in [3.8, 4) is 0 Å². The Morgan fingerprint density at radius 2 is 1.71 bits per heavy atom. The predicted octanol–water partition coefficient (Wildman–Crippen LogP) is 4.89. The van der Waals surface area contributed by atoms with Gasteiger partial charge in [-0.3, -0.25) is 4.90 Å². The van der Waals surface area contributed by atoms with E-state index in [9.17, 15) is 4.79 Å². The molecular weight excluding hydrogens is 298 g/mol. The molecule has 1 fully saturated rings. The zero-order valence-electron chi connectivity index (χ0n) is 14.0. The number of amides is 1. The van der Waals surface area contributed by atoms with E-state index in [2.05, 4.69) is 19.1 Å². The van der Waals surface area contributed by atoms with Crippen LogP contribution in [0.2, 0.25) is 0 Å². The Morgan fingerprint density at radius 3 is 2.38 bits per heavy atom. The van der Waals surface area contributed by atoms with E-state index in [-0.39, 0.29) is 12.1 Å². The summed E-state index contributed by atoms with van der Waals surface area (Å²) in [6, 6.07) is 20.2. The largest absolute Gasteiger partial charge is 0.415 e. The Kier molecular flexibility index (Phi) is 5.32. The summed E-state index contributed by atoms with van der Waals surface area (Å²) in [6.07, 6.45) is 4.57. The Bertz CT molecular complexity index is 694. The number of carbonyl (C=O) groups excluding carboxylic acids is 1. The Morgan fingerprint density at radius 1 is 1.04 bits per heavy atom.